The number of hydrogen-bond acceptors (Lipinski definition) is 7. The Labute approximate surface area is 187 Å². The number of fused-ring (bicyclic) bond motifs is 1. The van der Waals surface area contributed by atoms with Crippen molar-refractivity contribution in [3.8, 4) is 5.75 Å². The SMILES string of the molecule is COCCC(=O)N[C@@H]1CCCC[C@H]1Nc1ccc2nnc([C@@H](C)c3ccc(O)cc3)n2n1. The zero-order chi connectivity index (χ0) is 22.5. The summed E-state index contributed by atoms with van der Waals surface area (Å²) < 4.78 is 6.77. The number of amides is 1. The number of benzene rings is 1. The van der Waals surface area contributed by atoms with Gasteiger partial charge in [-0.2, -0.15) is 4.52 Å². The van der Waals surface area contributed by atoms with Crippen molar-refractivity contribution < 1.29 is 14.6 Å². The van der Waals surface area contributed by atoms with Gasteiger partial charge >= 0.3 is 0 Å². The van der Waals surface area contributed by atoms with E-state index in [1.54, 1.807) is 23.8 Å². The molecule has 1 aliphatic rings. The first-order valence-corrected chi connectivity index (χ1v) is 11.1. The van der Waals surface area contributed by atoms with E-state index in [4.69, 9.17) is 9.84 Å². The largest absolute Gasteiger partial charge is 0.508 e. The van der Waals surface area contributed by atoms with E-state index in [1.165, 1.54) is 0 Å². The number of methoxy groups -OCH3 is 1. The molecule has 9 nitrogen and oxygen atoms in total. The molecular weight excluding hydrogens is 408 g/mol. The first-order chi connectivity index (χ1) is 15.5. The number of carbonyl (C=O) groups excluding carboxylic acids is 1. The van der Waals surface area contributed by atoms with Crippen LogP contribution in [0.4, 0.5) is 5.82 Å². The van der Waals surface area contributed by atoms with E-state index in [0.717, 1.165) is 42.9 Å². The molecule has 1 aliphatic carbocycles. The smallest absolute Gasteiger partial charge is 0.222 e. The maximum Gasteiger partial charge on any atom is 0.222 e. The third kappa shape index (κ3) is 4.99. The number of nitrogens with zero attached hydrogens (tertiary/aromatic N) is 4. The summed E-state index contributed by atoms with van der Waals surface area (Å²) in [6.45, 7) is 2.46. The molecule has 3 atom stereocenters. The summed E-state index contributed by atoms with van der Waals surface area (Å²) in [4.78, 5) is 12.2. The number of aromatic nitrogens is 4. The zero-order valence-electron chi connectivity index (χ0n) is 18.5. The Bertz CT molecular complexity index is 1050. The number of hydrogen-bond donors (Lipinski definition) is 3. The van der Waals surface area contributed by atoms with Crippen molar-refractivity contribution in [2.24, 2.45) is 0 Å². The predicted octanol–water partition coefficient (Wildman–Crippen LogP) is 2.86. The van der Waals surface area contributed by atoms with Gasteiger partial charge in [0.1, 0.15) is 11.6 Å². The molecule has 1 fully saturated rings. The van der Waals surface area contributed by atoms with Crippen LogP contribution in [0.15, 0.2) is 36.4 Å². The molecule has 1 amide bonds. The van der Waals surface area contributed by atoms with Gasteiger partial charge < -0.3 is 20.5 Å². The van der Waals surface area contributed by atoms with Crippen molar-refractivity contribution in [3.63, 3.8) is 0 Å². The Kier molecular flexibility index (Phi) is 6.84. The van der Waals surface area contributed by atoms with Crippen molar-refractivity contribution in [3.05, 3.63) is 47.8 Å². The van der Waals surface area contributed by atoms with Crippen molar-refractivity contribution >= 4 is 17.4 Å². The van der Waals surface area contributed by atoms with Crippen LogP contribution >= 0.6 is 0 Å². The highest BCUT2D eigenvalue weighted by Gasteiger charge is 2.27. The van der Waals surface area contributed by atoms with Crippen LogP contribution in [0.2, 0.25) is 0 Å². The fourth-order valence-corrected chi connectivity index (χ4v) is 4.20. The fraction of sp³-hybridized carbons (Fsp3) is 0.478. The minimum atomic E-state index is -0.0455. The maximum absolute atomic E-state index is 12.2. The second-order valence-electron chi connectivity index (χ2n) is 8.31. The Morgan fingerprint density at radius 1 is 1.16 bits per heavy atom. The van der Waals surface area contributed by atoms with Crippen LogP contribution in [-0.2, 0) is 9.53 Å². The Morgan fingerprint density at radius 2 is 1.91 bits per heavy atom. The van der Waals surface area contributed by atoms with Gasteiger partial charge in [0, 0.05) is 31.5 Å². The van der Waals surface area contributed by atoms with Gasteiger partial charge in [-0.15, -0.1) is 15.3 Å². The van der Waals surface area contributed by atoms with Crippen LogP contribution in [0, 0.1) is 0 Å². The second-order valence-corrected chi connectivity index (χ2v) is 8.31. The lowest BCUT2D eigenvalue weighted by Gasteiger charge is -2.33. The quantitative estimate of drug-likeness (QED) is 0.495. The summed E-state index contributed by atoms with van der Waals surface area (Å²) in [7, 11) is 1.60. The van der Waals surface area contributed by atoms with Crippen LogP contribution < -0.4 is 10.6 Å². The number of carbonyl (C=O) groups is 1. The highest BCUT2D eigenvalue weighted by molar-refractivity contribution is 5.76. The Balaban J connectivity index is 1.52. The summed E-state index contributed by atoms with van der Waals surface area (Å²) in [5.41, 5.74) is 1.69. The zero-order valence-corrected chi connectivity index (χ0v) is 18.5. The minimum absolute atomic E-state index is 0.0118. The standard InChI is InChI=1S/C23H30N6O3/c1-15(16-7-9-17(30)10-8-16)23-27-26-21-12-11-20(28-29(21)23)24-18-5-3-4-6-19(18)25-22(31)13-14-32-2/h7-12,15,18-19,30H,3-6,13-14H2,1-2H3,(H,24,28)(H,25,31)/t15-,18+,19+/m0/s1. The normalized spacial score (nSPS) is 19.6. The molecular formula is C23H30N6O3. The number of phenolic OH excluding ortho intramolecular Hbond substituents is 1. The fourth-order valence-electron chi connectivity index (χ4n) is 4.20. The molecule has 0 radical (unpaired) electrons. The van der Waals surface area contributed by atoms with Gasteiger partial charge in [-0.05, 0) is 42.7 Å². The number of phenols is 1. The molecule has 1 aromatic carbocycles. The predicted molar refractivity (Wildman–Crippen MR) is 121 cm³/mol. The van der Waals surface area contributed by atoms with Gasteiger partial charge in [0.25, 0.3) is 0 Å². The van der Waals surface area contributed by atoms with E-state index in [2.05, 4.69) is 20.8 Å². The van der Waals surface area contributed by atoms with Gasteiger partial charge in [0.05, 0.1) is 6.61 Å². The molecule has 0 spiro atoms. The number of ether oxygens (including phenoxy) is 1. The van der Waals surface area contributed by atoms with Crippen LogP contribution in [-0.4, -0.2) is 56.6 Å². The molecule has 170 valence electrons. The summed E-state index contributed by atoms with van der Waals surface area (Å²) >= 11 is 0. The topological polar surface area (TPSA) is 114 Å². The maximum atomic E-state index is 12.2. The third-order valence-electron chi connectivity index (χ3n) is 6.05. The summed E-state index contributed by atoms with van der Waals surface area (Å²) in [6.07, 6.45) is 4.48. The molecule has 0 saturated heterocycles. The lowest BCUT2D eigenvalue weighted by molar-refractivity contribution is -0.122. The molecule has 32 heavy (non-hydrogen) atoms. The highest BCUT2D eigenvalue weighted by atomic mass is 16.5. The highest BCUT2D eigenvalue weighted by Crippen LogP contribution is 2.26. The van der Waals surface area contributed by atoms with Gasteiger partial charge in [0.15, 0.2) is 11.5 Å². The molecule has 0 unspecified atom stereocenters. The lowest BCUT2D eigenvalue weighted by atomic mass is 9.90. The van der Waals surface area contributed by atoms with E-state index in [9.17, 15) is 9.90 Å². The number of nitrogens with one attached hydrogen (secondary N) is 2. The molecule has 0 aliphatic heterocycles. The van der Waals surface area contributed by atoms with Gasteiger partial charge in [-0.3, -0.25) is 4.79 Å². The molecule has 3 N–H and O–H groups in total. The van der Waals surface area contributed by atoms with E-state index in [1.807, 2.05) is 31.2 Å². The lowest BCUT2D eigenvalue weighted by Crippen LogP contribution is -2.48. The van der Waals surface area contributed by atoms with Gasteiger partial charge in [-0.25, -0.2) is 0 Å². The Morgan fingerprint density at radius 3 is 2.66 bits per heavy atom. The first kappa shape index (κ1) is 22.0. The molecule has 3 aromatic rings. The molecule has 9 heteroatoms. The van der Waals surface area contributed by atoms with Crippen molar-refractivity contribution in [1.29, 1.82) is 0 Å². The second kappa shape index (κ2) is 9.95. The average molecular weight is 439 g/mol. The van der Waals surface area contributed by atoms with Crippen LogP contribution in [0.1, 0.15) is 56.3 Å². The van der Waals surface area contributed by atoms with Crippen molar-refractivity contribution in [2.75, 3.05) is 19.0 Å². The third-order valence-corrected chi connectivity index (χ3v) is 6.05. The number of anilines is 1. The molecule has 2 heterocycles. The van der Waals surface area contributed by atoms with E-state index in [0.29, 0.717) is 18.7 Å². The minimum Gasteiger partial charge on any atom is -0.508 e. The van der Waals surface area contributed by atoms with Crippen LogP contribution in [0.25, 0.3) is 5.65 Å². The van der Waals surface area contributed by atoms with E-state index < -0.39 is 0 Å². The molecule has 1 saturated carbocycles. The van der Waals surface area contributed by atoms with Gasteiger partial charge in [0.2, 0.25) is 5.91 Å². The van der Waals surface area contributed by atoms with Crippen molar-refractivity contribution in [1.82, 2.24) is 25.1 Å². The monoisotopic (exact) mass is 438 g/mol. The molecule has 0 bridgehead atoms. The van der Waals surface area contributed by atoms with E-state index in [-0.39, 0.29) is 29.7 Å². The number of aromatic hydroxyl groups is 1. The summed E-state index contributed by atoms with van der Waals surface area (Å²) in [6, 6.07) is 11.0. The number of rotatable bonds is 8. The molecule has 4 rings (SSSR count). The average Bonchev–Trinajstić information content (AvgIpc) is 3.22. The van der Waals surface area contributed by atoms with Crippen LogP contribution in [0.5, 0.6) is 5.75 Å². The van der Waals surface area contributed by atoms with E-state index >= 15 is 0 Å². The van der Waals surface area contributed by atoms with Gasteiger partial charge in [-0.1, -0.05) is 31.9 Å². The summed E-state index contributed by atoms with van der Waals surface area (Å²) in [5, 5.41) is 29.6. The summed E-state index contributed by atoms with van der Waals surface area (Å²) in [5.74, 6) is 1.64. The van der Waals surface area contributed by atoms with Crippen LogP contribution in [0.3, 0.4) is 0 Å². The Hall–Kier alpha value is -3.20. The molecule has 2 aromatic heterocycles. The van der Waals surface area contributed by atoms with Crippen molar-refractivity contribution in [2.45, 2.75) is 57.0 Å². The first-order valence-electron chi connectivity index (χ1n) is 11.1.